The van der Waals surface area contributed by atoms with E-state index in [2.05, 4.69) is 4.90 Å². The van der Waals surface area contributed by atoms with Gasteiger partial charge >= 0.3 is 0 Å². The Kier molecular flexibility index (Phi) is 4.35. The van der Waals surface area contributed by atoms with Crippen LogP contribution in [0.2, 0.25) is 0 Å². The molecule has 0 bridgehead atoms. The van der Waals surface area contributed by atoms with Gasteiger partial charge in [-0.05, 0) is 25.9 Å². The molecule has 2 N–H and O–H groups in total. The molecule has 1 saturated heterocycles. The Morgan fingerprint density at radius 3 is 2.43 bits per heavy atom. The normalized spacial score (nSPS) is 19.6. The fourth-order valence-corrected chi connectivity index (χ4v) is 1.95. The molecule has 0 aromatic carbocycles. The fraction of sp³-hybridized carbons (Fsp3) is 0.900. The first kappa shape index (κ1) is 11.5. The zero-order valence-electron chi connectivity index (χ0n) is 9.20. The van der Waals surface area contributed by atoms with E-state index in [4.69, 9.17) is 5.73 Å². The van der Waals surface area contributed by atoms with Crippen molar-refractivity contribution in [3.8, 4) is 0 Å². The standard InChI is InChI=1S/C10H21N3O/c1-12(2)10(14)9-3-6-13(7-4-9)8-5-11/h9H,3-8,11H2,1-2H3. The molecule has 0 aliphatic carbocycles. The number of carbonyl (C=O) groups excluding carboxylic acids is 1. The van der Waals surface area contributed by atoms with Crippen LogP contribution in [0.25, 0.3) is 0 Å². The highest BCUT2D eigenvalue weighted by atomic mass is 16.2. The number of likely N-dealkylation sites (tertiary alicyclic amines) is 1. The van der Waals surface area contributed by atoms with Gasteiger partial charge in [-0.3, -0.25) is 4.79 Å². The summed E-state index contributed by atoms with van der Waals surface area (Å²) in [5.41, 5.74) is 5.49. The molecule has 1 heterocycles. The van der Waals surface area contributed by atoms with Crippen LogP contribution in [0.4, 0.5) is 0 Å². The highest BCUT2D eigenvalue weighted by Gasteiger charge is 2.25. The minimum absolute atomic E-state index is 0.235. The molecule has 14 heavy (non-hydrogen) atoms. The average molecular weight is 199 g/mol. The molecule has 0 aromatic rings. The van der Waals surface area contributed by atoms with Crippen molar-refractivity contribution in [2.24, 2.45) is 11.7 Å². The second kappa shape index (κ2) is 5.32. The number of carbonyl (C=O) groups is 1. The summed E-state index contributed by atoms with van der Waals surface area (Å²) in [6.07, 6.45) is 1.97. The summed E-state index contributed by atoms with van der Waals surface area (Å²) in [7, 11) is 3.66. The summed E-state index contributed by atoms with van der Waals surface area (Å²) in [6.45, 7) is 3.71. The maximum absolute atomic E-state index is 11.6. The molecule has 82 valence electrons. The van der Waals surface area contributed by atoms with Gasteiger partial charge in [0.1, 0.15) is 0 Å². The number of rotatable bonds is 3. The van der Waals surface area contributed by atoms with Crippen molar-refractivity contribution in [2.45, 2.75) is 12.8 Å². The van der Waals surface area contributed by atoms with Crippen LogP contribution >= 0.6 is 0 Å². The molecule has 0 atom stereocenters. The lowest BCUT2D eigenvalue weighted by atomic mass is 9.95. The van der Waals surface area contributed by atoms with Crippen molar-refractivity contribution in [1.82, 2.24) is 9.80 Å². The van der Waals surface area contributed by atoms with Gasteiger partial charge in [0.25, 0.3) is 0 Å². The van der Waals surface area contributed by atoms with Gasteiger partial charge in [-0.2, -0.15) is 0 Å². The Labute approximate surface area is 86.0 Å². The summed E-state index contributed by atoms with van der Waals surface area (Å²) >= 11 is 0. The van der Waals surface area contributed by atoms with Crippen molar-refractivity contribution in [3.05, 3.63) is 0 Å². The van der Waals surface area contributed by atoms with Crippen molar-refractivity contribution in [3.63, 3.8) is 0 Å². The van der Waals surface area contributed by atoms with E-state index in [1.807, 2.05) is 14.1 Å². The average Bonchev–Trinajstić information content (AvgIpc) is 2.18. The maximum atomic E-state index is 11.6. The highest BCUT2D eigenvalue weighted by molar-refractivity contribution is 5.78. The molecule has 0 spiro atoms. The minimum Gasteiger partial charge on any atom is -0.349 e. The SMILES string of the molecule is CN(C)C(=O)C1CCN(CCN)CC1. The third-order valence-electron chi connectivity index (χ3n) is 2.82. The van der Waals surface area contributed by atoms with E-state index in [0.29, 0.717) is 6.54 Å². The molecule has 4 nitrogen and oxygen atoms in total. The number of nitrogens with two attached hydrogens (primary N) is 1. The summed E-state index contributed by atoms with van der Waals surface area (Å²) in [6, 6.07) is 0. The summed E-state index contributed by atoms with van der Waals surface area (Å²) < 4.78 is 0. The Balaban J connectivity index is 2.32. The summed E-state index contributed by atoms with van der Waals surface area (Å²) in [4.78, 5) is 15.7. The Morgan fingerprint density at radius 1 is 1.43 bits per heavy atom. The third kappa shape index (κ3) is 2.96. The number of hydrogen-bond donors (Lipinski definition) is 1. The fourth-order valence-electron chi connectivity index (χ4n) is 1.95. The van der Waals surface area contributed by atoms with Gasteiger partial charge in [-0.25, -0.2) is 0 Å². The lowest BCUT2D eigenvalue weighted by molar-refractivity contribution is -0.134. The molecule has 1 aliphatic heterocycles. The smallest absolute Gasteiger partial charge is 0.225 e. The van der Waals surface area contributed by atoms with Gasteiger partial charge in [-0.1, -0.05) is 0 Å². The number of hydrogen-bond acceptors (Lipinski definition) is 3. The Morgan fingerprint density at radius 2 is 2.00 bits per heavy atom. The number of piperidine rings is 1. The molecule has 0 saturated carbocycles. The van der Waals surface area contributed by atoms with E-state index in [1.54, 1.807) is 4.90 Å². The highest BCUT2D eigenvalue weighted by Crippen LogP contribution is 2.18. The molecule has 0 radical (unpaired) electrons. The zero-order chi connectivity index (χ0) is 10.6. The van der Waals surface area contributed by atoms with E-state index in [-0.39, 0.29) is 11.8 Å². The van der Waals surface area contributed by atoms with Gasteiger partial charge in [0.2, 0.25) is 5.91 Å². The van der Waals surface area contributed by atoms with Crippen LogP contribution in [0, 0.1) is 5.92 Å². The first-order valence-corrected chi connectivity index (χ1v) is 5.28. The van der Waals surface area contributed by atoms with E-state index >= 15 is 0 Å². The first-order valence-electron chi connectivity index (χ1n) is 5.28. The maximum Gasteiger partial charge on any atom is 0.225 e. The van der Waals surface area contributed by atoms with Crippen molar-refractivity contribution in [1.29, 1.82) is 0 Å². The van der Waals surface area contributed by atoms with Crippen molar-refractivity contribution < 1.29 is 4.79 Å². The lowest BCUT2D eigenvalue weighted by Crippen LogP contribution is -2.41. The largest absolute Gasteiger partial charge is 0.349 e. The molecular weight excluding hydrogens is 178 g/mol. The quantitative estimate of drug-likeness (QED) is 0.681. The first-order chi connectivity index (χ1) is 6.65. The van der Waals surface area contributed by atoms with Gasteiger partial charge in [0.05, 0.1) is 0 Å². The van der Waals surface area contributed by atoms with Gasteiger partial charge in [0.15, 0.2) is 0 Å². The summed E-state index contributed by atoms with van der Waals surface area (Å²) in [5.74, 6) is 0.511. The molecule has 4 heteroatoms. The molecule has 1 aliphatic rings. The van der Waals surface area contributed by atoms with Gasteiger partial charge < -0.3 is 15.5 Å². The van der Waals surface area contributed by atoms with Crippen molar-refractivity contribution >= 4 is 5.91 Å². The minimum atomic E-state index is 0.235. The molecule has 0 aromatic heterocycles. The van der Waals surface area contributed by atoms with E-state index < -0.39 is 0 Å². The predicted octanol–water partition coefficient (Wildman–Crippen LogP) is -0.255. The van der Waals surface area contributed by atoms with Crippen LogP contribution in [0.5, 0.6) is 0 Å². The zero-order valence-corrected chi connectivity index (χ0v) is 9.20. The monoisotopic (exact) mass is 199 g/mol. The van der Waals surface area contributed by atoms with E-state index in [1.165, 1.54) is 0 Å². The molecular formula is C10H21N3O. The second-order valence-corrected chi connectivity index (χ2v) is 4.14. The van der Waals surface area contributed by atoms with Gasteiger partial charge in [-0.15, -0.1) is 0 Å². The Bertz CT molecular complexity index is 186. The summed E-state index contributed by atoms with van der Waals surface area (Å²) in [5, 5.41) is 0. The lowest BCUT2D eigenvalue weighted by Gasteiger charge is -2.31. The molecule has 1 amide bonds. The third-order valence-corrected chi connectivity index (χ3v) is 2.82. The van der Waals surface area contributed by atoms with Crippen LogP contribution in [-0.4, -0.2) is 56.0 Å². The van der Waals surface area contributed by atoms with Crippen LogP contribution in [0.1, 0.15) is 12.8 Å². The van der Waals surface area contributed by atoms with Crippen molar-refractivity contribution in [2.75, 3.05) is 40.3 Å². The molecule has 0 unspecified atom stereocenters. The predicted molar refractivity (Wildman–Crippen MR) is 56.9 cm³/mol. The number of amides is 1. The van der Waals surface area contributed by atoms with Crippen LogP contribution in [0.3, 0.4) is 0 Å². The van der Waals surface area contributed by atoms with Crippen LogP contribution in [0.15, 0.2) is 0 Å². The molecule has 1 fully saturated rings. The van der Waals surface area contributed by atoms with Crippen LogP contribution < -0.4 is 5.73 Å². The number of nitrogens with zero attached hydrogens (tertiary/aromatic N) is 2. The van der Waals surface area contributed by atoms with E-state index in [0.717, 1.165) is 32.5 Å². The second-order valence-electron chi connectivity index (χ2n) is 4.14. The van der Waals surface area contributed by atoms with E-state index in [9.17, 15) is 4.79 Å². The van der Waals surface area contributed by atoms with Gasteiger partial charge in [0, 0.05) is 33.1 Å². The Hall–Kier alpha value is -0.610. The topological polar surface area (TPSA) is 49.6 Å². The molecule has 1 rings (SSSR count). The van der Waals surface area contributed by atoms with Crippen LogP contribution in [-0.2, 0) is 4.79 Å².